The first-order valence-electron chi connectivity index (χ1n) is 3.25. The number of hydrogen-bond acceptors (Lipinski definition) is 2. The van der Waals surface area contributed by atoms with Gasteiger partial charge in [-0.3, -0.25) is 0 Å². The highest BCUT2D eigenvalue weighted by molar-refractivity contribution is 4.74. The van der Waals surface area contributed by atoms with Crippen molar-refractivity contribution in [2.45, 2.75) is 19.2 Å². The fraction of sp³-hybridized carbons (Fsp3) is 1.00. The Morgan fingerprint density at radius 2 is 2.44 bits per heavy atom. The van der Waals surface area contributed by atoms with E-state index in [0.29, 0.717) is 0 Å². The van der Waals surface area contributed by atoms with Gasteiger partial charge in [-0.25, -0.2) is 4.39 Å². The molecule has 0 saturated carbocycles. The maximum atomic E-state index is 12.1. The van der Waals surface area contributed by atoms with Crippen molar-refractivity contribution in [3.05, 3.63) is 0 Å². The number of halogens is 1. The predicted molar refractivity (Wildman–Crippen MR) is 33.2 cm³/mol. The van der Waals surface area contributed by atoms with E-state index in [1.165, 1.54) is 6.92 Å². The number of alkyl halides is 1. The van der Waals surface area contributed by atoms with Crippen LogP contribution in [0.25, 0.3) is 0 Å². The molecule has 54 valence electrons. The molecular weight excluding hydrogens is 121 g/mol. The molecule has 1 aliphatic rings. The van der Waals surface area contributed by atoms with Crippen molar-refractivity contribution in [2.75, 3.05) is 19.7 Å². The van der Waals surface area contributed by atoms with Gasteiger partial charge in [0.05, 0.1) is 12.7 Å². The lowest BCUT2D eigenvalue weighted by Crippen LogP contribution is -2.49. The monoisotopic (exact) mass is 133 g/mol. The highest BCUT2D eigenvalue weighted by Gasteiger charge is 2.17. The molecule has 1 fully saturated rings. The fourth-order valence-corrected chi connectivity index (χ4v) is 0.649. The molecule has 0 spiro atoms. The van der Waals surface area contributed by atoms with Gasteiger partial charge in [-0.1, -0.05) is 0 Å². The standard InChI is InChI=1S/C6H12FNO/c1-5(7)4-9-6-2-8-3-6/h5-6,8H,2-4H2,1H3. The molecule has 0 aromatic rings. The smallest absolute Gasteiger partial charge is 0.121 e. The van der Waals surface area contributed by atoms with E-state index in [2.05, 4.69) is 5.32 Å². The van der Waals surface area contributed by atoms with Crippen molar-refractivity contribution in [1.82, 2.24) is 5.32 Å². The van der Waals surface area contributed by atoms with Gasteiger partial charge in [0.15, 0.2) is 0 Å². The maximum absolute atomic E-state index is 12.1. The van der Waals surface area contributed by atoms with Gasteiger partial charge in [0.2, 0.25) is 0 Å². The highest BCUT2D eigenvalue weighted by Crippen LogP contribution is 1.99. The average Bonchev–Trinajstić information content (AvgIpc) is 1.60. The zero-order valence-corrected chi connectivity index (χ0v) is 5.56. The van der Waals surface area contributed by atoms with Crippen LogP contribution in [0.4, 0.5) is 4.39 Å². The van der Waals surface area contributed by atoms with Gasteiger partial charge in [0, 0.05) is 13.1 Å². The van der Waals surface area contributed by atoms with E-state index in [1.807, 2.05) is 0 Å². The molecule has 1 unspecified atom stereocenters. The summed E-state index contributed by atoms with van der Waals surface area (Å²) in [4.78, 5) is 0. The third-order valence-electron chi connectivity index (χ3n) is 1.31. The lowest BCUT2D eigenvalue weighted by Gasteiger charge is -2.27. The number of nitrogens with one attached hydrogen (secondary N) is 1. The van der Waals surface area contributed by atoms with Gasteiger partial charge < -0.3 is 10.1 Å². The number of ether oxygens (including phenoxy) is 1. The van der Waals surface area contributed by atoms with Crippen LogP contribution in [0.1, 0.15) is 6.92 Å². The Kier molecular flexibility index (Phi) is 2.42. The van der Waals surface area contributed by atoms with Crippen LogP contribution in [0.3, 0.4) is 0 Å². The van der Waals surface area contributed by atoms with Crippen molar-refractivity contribution >= 4 is 0 Å². The molecule has 1 rings (SSSR count). The fourth-order valence-electron chi connectivity index (χ4n) is 0.649. The maximum Gasteiger partial charge on any atom is 0.121 e. The van der Waals surface area contributed by atoms with Gasteiger partial charge in [0.1, 0.15) is 6.17 Å². The Morgan fingerprint density at radius 3 is 2.78 bits per heavy atom. The Balaban J connectivity index is 1.91. The molecular formula is C6H12FNO. The summed E-state index contributed by atoms with van der Waals surface area (Å²) < 4.78 is 17.2. The van der Waals surface area contributed by atoms with Crippen LogP contribution < -0.4 is 5.32 Å². The topological polar surface area (TPSA) is 21.3 Å². The first-order valence-corrected chi connectivity index (χ1v) is 3.25. The third-order valence-corrected chi connectivity index (χ3v) is 1.31. The first-order chi connectivity index (χ1) is 4.29. The third kappa shape index (κ3) is 2.28. The molecule has 1 saturated heterocycles. The molecule has 0 aliphatic carbocycles. The molecule has 1 heterocycles. The first kappa shape index (κ1) is 6.96. The van der Waals surface area contributed by atoms with E-state index >= 15 is 0 Å². The van der Waals surface area contributed by atoms with E-state index in [4.69, 9.17) is 4.74 Å². The molecule has 0 radical (unpaired) electrons. The summed E-state index contributed by atoms with van der Waals surface area (Å²) in [6.45, 7) is 3.51. The second-order valence-electron chi connectivity index (χ2n) is 2.39. The summed E-state index contributed by atoms with van der Waals surface area (Å²) in [7, 11) is 0. The minimum absolute atomic E-state index is 0.242. The molecule has 0 aromatic heterocycles. The van der Waals surface area contributed by atoms with Gasteiger partial charge >= 0.3 is 0 Å². The van der Waals surface area contributed by atoms with E-state index in [-0.39, 0.29) is 12.7 Å². The number of rotatable bonds is 3. The largest absolute Gasteiger partial charge is 0.373 e. The van der Waals surface area contributed by atoms with Crippen LogP contribution >= 0.6 is 0 Å². The van der Waals surface area contributed by atoms with Crippen molar-refractivity contribution in [3.8, 4) is 0 Å². The molecule has 9 heavy (non-hydrogen) atoms. The summed E-state index contributed by atoms with van der Waals surface area (Å²) in [5.74, 6) is 0. The van der Waals surface area contributed by atoms with E-state index in [9.17, 15) is 4.39 Å². The Hall–Kier alpha value is -0.150. The summed E-state index contributed by atoms with van der Waals surface area (Å²) in [5, 5.41) is 3.04. The normalized spacial score (nSPS) is 23.3. The quantitative estimate of drug-likeness (QED) is 0.599. The van der Waals surface area contributed by atoms with Gasteiger partial charge in [-0.05, 0) is 6.92 Å². The zero-order chi connectivity index (χ0) is 6.69. The Labute approximate surface area is 54.4 Å². The van der Waals surface area contributed by atoms with E-state index < -0.39 is 6.17 Å². The zero-order valence-electron chi connectivity index (χ0n) is 5.56. The Bertz CT molecular complexity index is 83.1. The second kappa shape index (κ2) is 3.13. The second-order valence-corrected chi connectivity index (χ2v) is 2.39. The van der Waals surface area contributed by atoms with Crippen LogP contribution in [-0.4, -0.2) is 32.0 Å². The average molecular weight is 133 g/mol. The molecule has 0 bridgehead atoms. The predicted octanol–water partition coefficient (Wildman–Crippen LogP) is 0.333. The highest BCUT2D eigenvalue weighted by atomic mass is 19.1. The summed E-state index contributed by atoms with van der Waals surface area (Å²) in [6, 6.07) is 0. The van der Waals surface area contributed by atoms with Crippen LogP contribution in [0.5, 0.6) is 0 Å². The van der Waals surface area contributed by atoms with Crippen LogP contribution in [0, 0.1) is 0 Å². The number of hydrogen-bond donors (Lipinski definition) is 1. The summed E-state index contributed by atoms with van der Waals surface area (Å²) in [6.07, 6.45) is -0.561. The van der Waals surface area contributed by atoms with Gasteiger partial charge in [0.25, 0.3) is 0 Å². The van der Waals surface area contributed by atoms with Crippen LogP contribution in [-0.2, 0) is 4.74 Å². The Morgan fingerprint density at radius 1 is 1.78 bits per heavy atom. The van der Waals surface area contributed by atoms with Crippen molar-refractivity contribution in [1.29, 1.82) is 0 Å². The van der Waals surface area contributed by atoms with Crippen molar-refractivity contribution in [2.24, 2.45) is 0 Å². The molecule has 0 amide bonds. The van der Waals surface area contributed by atoms with Crippen LogP contribution in [0.2, 0.25) is 0 Å². The summed E-state index contributed by atoms with van der Waals surface area (Å²) in [5.41, 5.74) is 0. The molecule has 3 heteroatoms. The molecule has 1 N–H and O–H groups in total. The van der Waals surface area contributed by atoms with Crippen molar-refractivity contribution in [3.63, 3.8) is 0 Å². The van der Waals surface area contributed by atoms with Crippen LogP contribution in [0.15, 0.2) is 0 Å². The molecule has 2 nitrogen and oxygen atoms in total. The SMILES string of the molecule is CC(F)COC1CNC1. The minimum Gasteiger partial charge on any atom is -0.373 e. The summed E-state index contributed by atoms with van der Waals surface area (Å²) >= 11 is 0. The minimum atomic E-state index is -0.828. The molecule has 1 atom stereocenters. The van der Waals surface area contributed by atoms with E-state index in [1.54, 1.807) is 0 Å². The van der Waals surface area contributed by atoms with Gasteiger partial charge in [-0.2, -0.15) is 0 Å². The lowest BCUT2D eigenvalue weighted by atomic mass is 10.2. The van der Waals surface area contributed by atoms with Gasteiger partial charge in [-0.15, -0.1) is 0 Å². The lowest BCUT2D eigenvalue weighted by molar-refractivity contribution is -0.00468. The van der Waals surface area contributed by atoms with E-state index in [0.717, 1.165) is 13.1 Å². The molecule has 1 aliphatic heterocycles. The van der Waals surface area contributed by atoms with Crippen molar-refractivity contribution < 1.29 is 9.13 Å². The molecule has 0 aromatic carbocycles.